The van der Waals surface area contributed by atoms with Crippen molar-refractivity contribution in [2.45, 2.75) is 45.4 Å². The zero-order chi connectivity index (χ0) is 18.2. The van der Waals surface area contributed by atoms with Crippen LogP contribution >= 0.6 is 0 Å². The van der Waals surface area contributed by atoms with Gasteiger partial charge in [-0.1, -0.05) is 0 Å². The maximum absolute atomic E-state index is 12.0. The molecule has 130 valence electrons. The minimum Gasteiger partial charge on any atom is -0.485 e. The summed E-state index contributed by atoms with van der Waals surface area (Å²) in [7, 11) is 0. The van der Waals surface area contributed by atoms with Gasteiger partial charge in [-0.25, -0.2) is 5.01 Å². The van der Waals surface area contributed by atoms with Crippen molar-refractivity contribution in [2.24, 2.45) is 0 Å². The summed E-state index contributed by atoms with van der Waals surface area (Å²) in [5.41, 5.74) is 1.34. The molecule has 0 aliphatic carbocycles. The molecule has 9 nitrogen and oxygen atoms in total. The predicted octanol–water partition coefficient (Wildman–Crippen LogP) is 1.07. The van der Waals surface area contributed by atoms with E-state index < -0.39 is 34.5 Å². The molecule has 1 aliphatic rings. The first-order chi connectivity index (χ1) is 11.0. The minimum atomic E-state index is -1.22. The molecule has 0 bridgehead atoms. The fourth-order valence-electron chi connectivity index (χ4n) is 2.66. The number of carbonyl (C=O) groups excluding carboxylic acids is 2. The number of carbonyl (C=O) groups is 2. The lowest BCUT2D eigenvalue weighted by molar-refractivity contribution is -0.385. The Kier molecular flexibility index (Phi) is 4.48. The third-order valence-corrected chi connectivity index (χ3v) is 3.80. The Labute approximate surface area is 138 Å². The van der Waals surface area contributed by atoms with Gasteiger partial charge in [0.25, 0.3) is 5.69 Å². The monoisotopic (exact) mass is 337 g/mol. The number of rotatable bonds is 2. The summed E-state index contributed by atoms with van der Waals surface area (Å²) in [6, 6.07) is 2.90. The lowest BCUT2D eigenvalue weighted by atomic mass is 9.86. The molecule has 1 aromatic rings. The van der Waals surface area contributed by atoms with Crippen molar-refractivity contribution in [1.82, 2.24) is 10.4 Å². The number of non-ortho nitro benzene ring substituents is 1. The summed E-state index contributed by atoms with van der Waals surface area (Å²) in [5, 5.41) is 22.7. The van der Waals surface area contributed by atoms with E-state index in [4.69, 9.17) is 4.74 Å². The molecule has 2 N–H and O–H groups in total. The molecule has 9 heteroatoms. The number of hydrogen-bond donors (Lipinski definition) is 2. The van der Waals surface area contributed by atoms with Crippen molar-refractivity contribution in [3.63, 3.8) is 0 Å². The Bertz CT molecular complexity index is 702. The molecular weight excluding hydrogens is 318 g/mol. The maximum Gasteiger partial charge on any atom is 0.270 e. The van der Waals surface area contributed by atoms with Crippen molar-refractivity contribution >= 4 is 17.5 Å². The van der Waals surface area contributed by atoms with Gasteiger partial charge in [-0.2, -0.15) is 0 Å². The molecule has 2 rings (SSSR count). The standard InChI is InChI=1S/C15H19N3O6/c1-8(19)16-17(9(2)20)13-11-7-10(18(22)23)5-6-12(11)24-15(3,4)14(13)21/h5-7,13-14,21H,1-4H3,(H,16,19)/t13-,14+/m0/s1. The number of fused-ring (bicyclic) bond motifs is 1. The number of nitrogens with one attached hydrogen (secondary N) is 1. The van der Waals surface area contributed by atoms with Gasteiger partial charge in [0.1, 0.15) is 23.5 Å². The predicted molar refractivity (Wildman–Crippen MR) is 82.9 cm³/mol. The number of nitro groups is 1. The fraction of sp³-hybridized carbons (Fsp3) is 0.467. The summed E-state index contributed by atoms with van der Waals surface area (Å²) in [6.45, 7) is 5.70. The molecule has 0 saturated heterocycles. The van der Waals surface area contributed by atoms with Crippen LogP contribution in [0.4, 0.5) is 5.69 Å². The van der Waals surface area contributed by atoms with E-state index in [0.717, 1.165) is 5.01 Å². The van der Waals surface area contributed by atoms with Gasteiger partial charge >= 0.3 is 0 Å². The van der Waals surface area contributed by atoms with Crippen LogP contribution in [0, 0.1) is 10.1 Å². The number of ether oxygens (including phenoxy) is 1. The lowest BCUT2D eigenvalue weighted by Gasteiger charge is -2.45. The van der Waals surface area contributed by atoms with Crippen molar-refractivity contribution in [3.05, 3.63) is 33.9 Å². The van der Waals surface area contributed by atoms with Crippen LogP contribution in [0.2, 0.25) is 0 Å². The highest BCUT2D eigenvalue weighted by atomic mass is 16.6. The Morgan fingerprint density at radius 3 is 2.50 bits per heavy atom. The SMILES string of the molecule is CC(=O)NN(C(C)=O)[C@H]1c2cc([N+](=O)[O-])ccc2OC(C)(C)[C@@H]1O. The molecule has 0 aromatic heterocycles. The van der Waals surface area contributed by atoms with E-state index in [2.05, 4.69) is 5.43 Å². The van der Waals surface area contributed by atoms with Crippen LogP contribution in [0.5, 0.6) is 5.75 Å². The van der Waals surface area contributed by atoms with Crippen molar-refractivity contribution in [2.75, 3.05) is 0 Å². The Morgan fingerprint density at radius 1 is 1.38 bits per heavy atom. The molecule has 1 heterocycles. The Hall–Kier alpha value is -2.68. The molecule has 24 heavy (non-hydrogen) atoms. The van der Waals surface area contributed by atoms with Crippen molar-refractivity contribution < 1.29 is 24.4 Å². The van der Waals surface area contributed by atoms with Gasteiger partial charge in [-0.05, 0) is 19.9 Å². The van der Waals surface area contributed by atoms with Gasteiger partial charge < -0.3 is 9.84 Å². The van der Waals surface area contributed by atoms with E-state index in [0.29, 0.717) is 5.75 Å². The normalized spacial score (nSPS) is 21.2. The van der Waals surface area contributed by atoms with Crippen LogP contribution in [0.1, 0.15) is 39.3 Å². The highest BCUT2D eigenvalue weighted by Crippen LogP contribution is 2.43. The maximum atomic E-state index is 12.0. The summed E-state index contributed by atoms with van der Waals surface area (Å²) < 4.78 is 5.71. The van der Waals surface area contributed by atoms with Gasteiger partial charge in [-0.3, -0.25) is 25.1 Å². The van der Waals surface area contributed by atoms with Gasteiger partial charge in [0.2, 0.25) is 11.8 Å². The fourth-order valence-corrected chi connectivity index (χ4v) is 2.66. The topological polar surface area (TPSA) is 122 Å². The first-order valence-corrected chi connectivity index (χ1v) is 7.27. The van der Waals surface area contributed by atoms with Crippen molar-refractivity contribution in [3.8, 4) is 5.75 Å². The first-order valence-electron chi connectivity index (χ1n) is 7.27. The van der Waals surface area contributed by atoms with Gasteiger partial charge in [0, 0.05) is 31.5 Å². The van der Waals surface area contributed by atoms with Crippen molar-refractivity contribution in [1.29, 1.82) is 0 Å². The number of benzene rings is 1. The third-order valence-electron chi connectivity index (χ3n) is 3.80. The molecule has 2 atom stereocenters. The first kappa shape index (κ1) is 17.7. The van der Waals surface area contributed by atoms with E-state index in [-0.39, 0.29) is 11.3 Å². The average molecular weight is 337 g/mol. The molecule has 0 radical (unpaired) electrons. The minimum absolute atomic E-state index is 0.208. The second-order valence-corrected chi connectivity index (χ2v) is 6.13. The second kappa shape index (κ2) is 6.08. The number of hydrogen-bond acceptors (Lipinski definition) is 6. The molecular formula is C15H19N3O6. The van der Waals surface area contributed by atoms with Crippen LogP contribution in [-0.2, 0) is 9.59 Å². The van der Waals surface area contributed by atoms with Gasteiger partial charge in [-0.15, -0.1) is 0 Å². The third kappa shape index (κ3) is 3.16. The highest BCUT2D eigenvalue weighted by Gasteiger charge is 2.47. The zero-order valence-electron chi connectivity index (χ0n) is 13.8. The molecule has 0 fully saturated rings. The average Bonchev–Trinajstić information content (AvgIpc) is 2.45. The largest absolute Gasteiger partial charge is 0.485 e. The van der Waals surface area contributed by atoms with Crippen LogP contribution < -0.4 is 10.2 Å². The van der Waals surface area contributed by atoms with E-state index in [1.165, 1.54) is 32.0 Å². The van der Waals surface area contributed by atoms with E-state index in [1.54, 1.807) is 13.8 Å². The van der Waals surface area contributed by atoms with Crippen LogP contribution in [-0.4, -0.2) is 38.6 Å². The Balaban J connectivity index is 2.63. The number of nitrogens with zero attached hydrogens (tertiary/aromatic N) is 2. The Morgan fingerprint density at radius 2 is 2.00 bits per heavy atom. The van der Waals surface area contributed by atoms with E-state index in [9.17, 15) is 24.8 Å². The number of nitro benzene ring substituents is 1. The smallest absolute Gasteiger partial charge is 0.270 e. The summed E-state index contributed by atoms with van der Waals surface area (Å²) >= 11 is 0. The molecule has 1 aliphatic heterocycles. The molecule has 0 saturated carbocycles. The van der Waals surface area contributed by atoms with Gasteiger partial charge in [0.15, 0.2) is 0 Å². The molecule has 1 aromatic carbocycles. The number of aliphatic hydroxyl groups is 1. The van der Waals surface area contributed by atoms with Gasteiger partial charge in [0.05, 0.1) is 4.92 Å². The quantitative estimate of drug-likeness (QED) is 0.615. The lowest BCUT2D eigenvalue weighted by Crippen LogP contribution is -2.58. The van der Waals surface area contributed by atoms with Crippen LogP contribution in [0.3, 0.4) is 0 Å². The molecule has 0 spiro atoms. The van der Waals surface area contributed by atoms with Crippen LogP contribution in [0.15, 0.2) is 18.2 Å². The highest BCUT2D eigenvalue weighted by molar-refractivity contribution is 5.80. The summed E-state index contributed by atoms with van der Waals surface area (Å²) in [4.78, 5) is 33.9. The van der Waals surface area contributed by atoms with Crippen LogP contribution in [0.25, 0.3) is 0 Å². The molecule has 2 amide bonds. The zero-order valence-corrected chi connectivity index (χ0v) is 13.8. The van der Waals surface area contributed by atoms with E-state index in [1.807, 2.05) is 0 Å². The number of amides is 2. The second-order valence-electron chi connectivity index (χ2n) is 6.13. The number of aliphatic hydroxyl groups excluding tert-OH is 1. The summed E-state index contributed by atoms with van der Waals surface area (Å²) in [6.07, 6.45) is -1.22. The summed E-state index contributed by atoms with van der Waals surface area (Å²) in [5.74, 6) is -0.726. The number of hydrazine groups is 1. The van der Waals surface area contributed by atoms with E-state index >= 15 is 0 Å². The molecule has 0 unspecified atom stereocenters.